The molecular weight excluding hydrogens is 386 g/mol. The minimum Gasteiger partial charge on any atom is -0.375 e. The van der Waals surface area contributed by atoms with Gasteiger partial charge in [0.15, 0.2) is 11.6 Å². The standard InChI is InChI=1S/C20H28F2N2O3S/c1-28(25,26)24-15-3-4-16(24)12-18(11-15)27-17-6-8-23(9-7-17)13-14-2-5-19(21)20(22)10-14/h2,5,10,15-18H,3-4,6-9,11-13H2,1H3/t15-,16+,18?. The summed E-state index contributed by atoms with van der Waals surface area (Å²) in [4.78, 5) is 2.24. The van der Waals surface area contributed by atoms with Gasteiger partial charge in [-0.2, -0.15) is 4.31 Å². The number of likely N-dealkylation sites (tertiary alicyclic amines) is 1. The molecule has 8 heteroatoms. The highest BCUT2D eigenvalue weighted by Gasteiger charge is 2.46. The first-order valence-electron chi connectivity index (χ1n) is 10.1. The zero-order valence-electron chi connectivity index (χ0n) is 16.2. The summed E-state index contributed by atoms with van der Waals surface area (Å²) in [6, 6.07) is 4.26. The second kappa shape index (κ2) is 7.97. The van der Waals surface area contributed by atoms with Gasteiger partial charge in [0.25, 0.3) is 0 Å². The Labute approximate surface area is 165 Å². The highest BCUT2D eigenvalue weighted by Crippen LogP contribution is 2.39. The van der Waals surface area contributed by atoms with Gasteiger partial charge in [0.2, 0.25) is 10.0 Å². The fourth-order valence-corrected chi connectivity index (χ4v) is 6.57. The highest BCUT2D eigenvalue weighted by molar-refractivity contribution is 7.88. The van der Waals surface area contributed by atoms with Crippen molar-refractivity contribution in [2.45, 2.75) is 69.4 Å². The highest BCUT2D eigenvalue weighted by atomic mass is 32.2. The summed E-state index contributed by atoms with van der Waals surface area (Å²) >= 11 is 0. The largest absolute Gasteiger partial charge is 0.375 e. The second-order valence-corrected chi connectivity index (χ2v) is 10.3. The summed E-state index contributed by atoms with van der Waals surface area (Å²) in [5.74, 6) is -1.61. The number of nitrogens with zero attached hydrogens (tertiary/aromatic N) is 2. The summed E-state index contributed by atoms with van der Waals surface area (Å²) in [5.41, 5.74) is 0.781. The third-order valence-corrected chi connectivity index (χ3v) is 7.68. The number of ether oxygens (including phenoxy) is 1. The summed E-state index contributed by atoms with van der Waals surface area (Å²) in [6.07, 6.45) is 6.90. The molecule has 0 radical (unpaired) electrons. The Morgan fingerprint density at radius 2 is 1.64 bits per heavy atom. The lowest BCUT2D eigenvalue weighted by molar-refractivity contribution is -0.0696. The summed E-state index contributed by atoms with van der Waals surface area (Å²) in [7, 11) is -3.14. The number of rotatable bonds is 5. The molecule has 28 heavy (non-hydrogen) atoms. The van der Waals surface area contributed by atoms with Gasteiger partial charge >= 0.3 is 0 Å². The van der Waals surface area contributed by atoms with Crippen molar-refractivity contribution in [2.75, 3.05) is 19.3 Å². The van der Waals surface area contributed by atoms with Gasteiger partial charge in [-0.1, -0.05) is 6.07 Å². The van der Waals surface area contributed by atoms with Crippen molar-refractivity contribution < 1.29 is 21.9 Å². The normalized spacial score (nSPS) is 30.0. The van der Waals surface area contributed by atoms with Crippen molar-refractivity contribution in [3.8, 4) is 0 Å². The number of hydrogen-bond donors (Lipinski definition) is 0. The van der Waals surface area contributed by atoms with E-state index in [0.717, 1.165) is 57.2 Å². The molecule has 1 unspecified atom stereocenters. The quantitative estimate of drug-likeness (QED) is 0.744. The first-order valence-corrected chi connectivity index (χ1v) is 11.9. The molecule has 1 aromatic carbocycles. The van der Waals surface area contributed by atoms with Crippen molar-refractivity contribution in [1.29, 1.82) is 0 Å². The maximum atomic E-state index is 13.4. The van der Waals surface area contributed by atoms with E-state index in [2.05, 4.69) is 4.90 Å². The van der Waals surface area contributed by atoms with Crippen LogP contribution in [0.5, 0.6) is 0 Å². The lowest BCUT2D eigenvalue weighted by atomic mass is 10.0. The van der Waals surface area contributed by atoms with E-state index >= 15 is 0 Å². The number of sulfonamides is 1. The molecule has 3 heterocycles. The summed E-state index contributed by atoms with van der Waals surface area (Å²) in [6.45, 7) is 2.33. The Kier molecular flexibility index (Phi) is 5.75. The molecule has 0 N–H and O–H groups in total. The van der Waals surface area contributed by atoms with Crippen LogP contribution in [-0.2, 0) is 21.3 Å². The Morgan fingerprint density at radius 3 is 2.21 bits per heavy atom. The van der Waals surface area contributed by atoms with Crippen LogP contribution in [0.4, 0.5) is 8.78 Å². The van der Waals surface area contributed by atoms with Gasteiger partial charge in [-0.3, -0.25) is 4.90 Å². The van der Waals surface area contributed by atoms with Crippen LogP contribution in [0.3, 0.4) is 0 Å². The molecule has 0 spiro atoms. The van der Waals surface area contributed by atoms with E-state index in [1.165, 1.54) is 18.4 Å². The van der Waals surface area contributed by atoms with E-state index in [9.17, 15) is 17.2 Å². The Hall–Kier alpha value is -1.09. The second-order valence-electron chi connectivity index (χ2n) is 8.43. The molecule has 156 valence electrons. The zero-order valence-corrected chi connectivity index (χ0v) is 17.0. The van der Waals surface area contributed by atoms with Crippen molar-refractivity contribution in [1.82, 2.24) is 9.21 Å². The van der Waals surface area contributed by atoms with E-state index in [-0.39, 0.29) is 24.3 Å². The Balaban J connectivity index is 1.26. The van der Waals surface area contributed by atoms with E-state index < -0.39 is 21.7 Å². The predicted octanol–water partition coefficient (Wildman–Crippen LogP) is 2.90. The minimum absolute atomic E-state index is 0.0900. The van der Waals surface area contributed by atoms with E-state index in [1.807, 2.05) is 0 Å². The monoisotopic (exact) mass is 414 g/mol. The van der Waals surface area contributed by atoms with Crippen LogP contribution in [0.25, 0.3) is 0 Å². The lowest BCUT2D eigenvalue weighted by Gasteiger charge is -2.40. The molecule has 1 aromatic rings. The lowest BCUT2D eigenvalue weighted by Crippen LogP contribution is -2.49. The zero-order chi connectivity index (χ0) is 19.9. The van der Waals surface area contributed by atoms with Gasteiger partial charge < -0.3 is 4.74 Å². The van der Waals surface area contributed by atoms with Gasteiger partial charge in [-0.15, -0.1) is 0 Å². The van der Waals surface area contributed by atoms with Crippen LogP contribution < -0.4 is 0 Å². The molecule has 4 rings (SSSR count). The summed E-state index contributed by atoms with van der Waals surface area (Å²) in [5, 5.41) is 0. The molecule has 3 aliphatic heterocycles. The van der Waals surface area contributed by atoms with E-state index in [1.54, 1.807) is 10.4 Å². The molecule has 3 atom stereocenters. The van der Waals surface area contributed by atoms with Gasteiger partial charge in [0.1, 0.15) is 0 Å². The molecule has 0 aliphatic carbocycles. The summed E-state index contributed by atoms with van der Waals surface area (Å²) < 4.78 is 58.5. The van der Waals surface area contributed by atoms with Crippen molar-refractivity contribution >= 4 is 10.0 Å². The van der Waals surface area contributed by atoms with Gasteiger partial charge in [-0.05, 0) is 56.2 Å². The smallest absolute Gasteiger partial charge is 0.211 e. The topological polar surface area (TPSA) is 49.9 Å². The molecule has 2 bridgehead atoms. The van der Waals surface area contributed by atoms with Crippen molar-refractivity contribution in [3.05, 3.63) is 35.4 Å². The van der Waals surface area contributed by atoms with E-state index in [4.69, 9.17) is 4.74 Å². The minimum atomic E-state index is -3.14. The van der Waals surface area contributed by atoms with Crippen molar-refractivity contribution in [3.63, 3.8) is 0 Å². The number of hydrogen-bond acceptors (Lipinski definition) is 4. The molecule has 0 saturated carbocycles. The average molecular weight is 415 g/mol. The van der Waals surface area contributed by atoms with Crippen LogP contribution in [0.15, 0.2) is 18.2 Å². The number of fused-ring (bicyclic) bond motifs is 2. The number of benzene rings is 1. The van der Waals surface area contributed by atoms with Crippen LogP contribution in [0, 0.1) is 11.6 Å². The molecule has 0 amide bonds. The van der Waals surface area contributed by atoms with Crippen LogP contribution in [0.2, 0.25) is 0 Å². The Morgan fingerprint density at radius 1 is 1.00 bits per heavy atom. The third kappa shape index (κ3) is 4.40. The average Bonchev–Trinajstić information content (AvgIpc) is 2.92. The van der Waals surface area contributed by atoms with Crippen molar-refractivity contribution in [2.24, 2.45) is 0 Å². The van der Waals surface area contributed by atoms with Gasteiger partial charge in [0.05, 0.1) is 18.5 Å². The molecule has 3 saturated heterocycles. The molecule has 3 aliphatic rings. The Bertz CT molecular complexity index is 798. The van der Waals surface area contributed by atoms with Gasteiger partial charge in [-0.25, -0.2) is 17.2 Å². The fraction of sp³-hybridized carbons (Fsp3) is 0.700. The molecule has 3 fully saturated rings. The van der Waals surface area contributed by atoms with E-state index in [0.29, 0.717) is 6.54 Å². The van der Waals surface area contributed by atoms with Crippen LogP contribution >= 0.6 is 0 Å². The third-order valence-electron chi connectivity index (χ3n) is 6.32. The van der Waals surface area contributed by atoms with Gasteiger partial charge in [0, 0.05) is 31.7 Å². The number of piperidine rings is 2. The molecule has 0 aromatic heterocycles. The maximum Gasteiger partial charge on any atom is 0.211 e. The molecular formula is C20H28F2N2O3S. The molecule has 5 nitrogen and oxygen atoms in total. The number of halogens is 2. The first-order chi connectivity index (χ1) is 13.3. The SMILES string of the molecule is CS(=O)(=O)N1[C@@H]2CC[C@H]1CC(OC1CCN(Cc3ccc(F)c(F)c3)CC1)C2. The van der Waals surface area contributed by atoms with Crippen LogP contribution in [-0.4, -0.2) is 61.3 Å². The predicted molar refractivity (Wildman–Crippen MR) is 102 cm³/mol. The first kappa shape index (κ1) is 20.2. The fourth-order valence-electron chi connectivity index (χ4n) is 5.11. The maximum absolute atomic E-state index is 13.4. The van der Waals surface area contributed by atoms with Crippen LogP contribution in [0.1, 0.15) is 44.1 Å².